The standard InChI is InChI=1S/C30H33F6N5O6/c1-4-28(37)12-18(24-21(6-7-23(40-24)46-3)41(28)27(45)47-5-2)26-38-13-19(25(44)22(43)14-42)20(39-26)10-15-8-16(29(31,32)33)11-17(9-15)30(34,35)36/h6-9,11,13,18,22,25,42-44H,4-5,10,12,14,37H2,1-3H3/t18-,22?,25?,28+/m0/s1. The number of fused-ring (bicyclic) bond motifs is 1. The molecular weight excluding hydrogens is 640 g/mol. The van der Waals surface area contributed by atoms with Gasteiger partial charge in [-0.2, -0.15) is 26.3 Å². The van der Waals surface area contributed by atoms with E-state index in [0.717, 1.165) is 6.20 Å². The van der Waals surface area contributed by atoms with E-state index in [2.05, 4.69) is 15.0 Å². The van der Waals surface area contributed by atoms with Crippen LogP contribution in [0.15, 0.2) is 36.5 Å². The smallest absolute Gasteiger partial charge is 0.416 e. The maximum atomic E-state index is 13.6. The molecule has 0 saturated heterocycles. The van der Waals surface area contributed by atoms with Gasteiger partial charge in [0.25, 0.3) is 0 Å². The highest BCUT2D eigenvalue weighted by atomic mass is 19.4. The van der Waals surface area contributed by atoms with E-state index in [0.29, 0.717) is 12.1 Å². The van der Waals surface area contributed by atoms with Gasteiger partial charge in [-0.1, -0.05) is 6.92 Å². The van der Waals surface area contributed by atoms with Crippen LogP contribution in [-0.2, 0) is 23.5 Å². The lowest BCUT2D eigenvalue weighted by molar-refractivity contribution is -0.143. The minimum absolute atomic E-state index is 0.0148. The van der Waals surface area contributed by atoms with Crippen molar-refractivity contribution < 1.29 is 55.9 Å². The number of aromatic nitrogens is 3. The first kappa shape index (κ1) is 35.8. The highest BCUT2D eigenvalue weighted by molar-refractivity contribution is 5.91. The second kappa shape index (κ2) is 13.6. The average molecular weight is 674 g/mol. The van der Waals surface area contributed by atoms with Crippen molar-refractivity contribution in [2.75, 3.05) is 25.2 Å². The van der Waals surface area contributed by atoms with E-state index in [1.54, 1.807) is 13.8 Å². The fourth-order valence-electron chi connectivity index (χ4n) is 5.39. The molecule has 4 rings (SSSR count). The summed E-state index contributed by atoms with van der Waals surface area (Å²) in [5, 5.41) is 30.3. The topological polar surface area (TPSA) is 164 Å². The monoisotopic (exact) mass is 673 g/mol. The van der Waals surface area contributed by atoms with Crippen LogP contribution >= 0.6 is 0 Å². The Bertz CT molecular complexity index is 1570. The van der Waals surface area contributed by atoms with Crippen molar-refractivity contribution in [2.45, 2.75) is 69.3 Å². The van der Waals surface area contributed by atoms with Gasteiger partial charge in [-0.25, -0.2) is 19.7 Å². The molecule has 0 radical (unpaired) electrons. The second-order valence-corrected chi connectivity index (χ2v) is 10.9. The number of pyridine rings is 1. The quantitative estimate of drug-likeness (QED) is 0.239. The van der Waals surface area contributed by atoms with E-state index in [4.69, 9.17) is 15.2 Å². The lowest BCUT2D eigenvalue weighted by Crippen LogP contribution is -2.61. The van der Waals surface area contributed by atoms with Gasteiger partial charge >= 0.3 is 18.4 Å². The molecule has 2 aromatic heterocycles. The molecular formula is C30H33F6N5O6. The molecule has 5 N–H and O–H groups in total. The molecule has 47 heavy (non-hydrogen) atoms. The lowest BCUT2D eigenvalue weighted by Gasteiger charge is -2.46. The number of ether oxygens (including phenoxy) is 2. The largest absolute Gasteiger partial charge is 0.481 e. The number of rotatable bonds is 9. The summed E-state index contributed by atoms with van der Waals surface area (Å²) < 4.78 is 92.3. The Kier molecular flexibility index (Phi) is 10.3. The van der Waals surface area contributed by atoms with Crippen LogP contribution < -0.4 is 15.4 Å². The van der Waals surface area contributed by atoms with E-state index in [1.807, 2.05) is 0 Å². The molecule has 0 saturated carbocycles. The van der Waals surface area contributed by atoms with Crippen LogP contribution in [0, 0.1) is 0 Å². The first-order valence-corrected chi connectivity index (χ1v) is 14.4. The normalized spacial score (nSPS) is 19.6. The summed E-state index contributed by atoms with van der Waals surface area (Å²) >= 11 is 0. The molecule has 0 bridgehead atoms. The number of nitrogens with two attached hydrogens (primary N) is 1. The predicted octanol–water partition coefficient (Wildman–Crippen LogP) is 4.46. The molecule has 3 heterocycles. The zero-order valence-corrected chi connectivity index (χ0v) is 25.4. The Balaban J connectivity index is 1.93. The number of hydrogen-bond acceptors (Lipinski definition) is 10. The van der Waals surface area contributed by atoms with Crippen molar-refractivity contribution in [3.63, 3.8) is 0 Å². The van der Waals surface area contributed by atoms with Crippen molar-refractivity contribution in [3.8, 4) is 5.88 Å². The number of aliphatic hydroxyl groups is 3. The molecule has 1 aromatic carbocycles. The van der Waals surface area contributed by atoms with Gasteiger partial charge in [-0.05, 0) is 49.6 Å². The third kappa shape index (κ3) is 7.42. The van der Waals surface area contributed by atoms with Crippen molar-refractivity contribution >= 4 is 11.8 Å². The van der Waals surface area contributed by atoms with Gasteiger partial charge in [-0.15, -0.1) is 0 Å². The van der Waals surface area contributed by atoms with Crippen LogP contribution in [-0.4, -0.2) is 68.5 Å². The summed E-state index contributed by atoms with van der Waals surface area (Å²) in [4.78, 5) is 27.6. The summed E-state index contributed by atoms with van der Waals surface area (Å²) in [7, 11) is 1.36. The molecule has 2 unspecified atom stereocenters. The van der Waals surface area contributed by atoms with Gasteiger partial charge in [0.05, 0.1) is 54.4 Å². The molecule has 17 heteroatoms. The number of methoxy groups -OCH3 is 1. The number of benzene rings is 1. The van der Waals surface area contributed by atoms with Crippen molar-refractivity contribution in [1.82, 2.24) is 15.0 Å². The van der Waals surface area contributed by atoms with Crippen molar-refractivity contribution in [3.05, 3.63) is 76.0 Å². The van der Waals surface area contributed by atoms with Crippen LogP contribution in [0.3, 0.4) is 0 Å². The van der Waals surface area contributed by atoms with Gasteiger partial charge in [-0.3, -0.25) is 4.90 Å². The van der Waals surface area contributed by atoms with Gasteiger partial charge in [0.1, 0.15) is 23.7 Å². The average Bonchev–Trinajstić information content (AvgIpc) is 3.02. The summed E-state index contributed by atoms with van der Waals surface area (Å²) in [6, 6.07) is 4.05. The number of carbonyl (C=O) groups is 1. The zero-order chi connectivity index (χ0) is 34.9. The van der Waals surface area contributed by atoms with E-state index in [1.165, 1.54) is 24.1 Å². The predicted molar refractivity (Wildman–Crippen MR) is 153 cm³/mol. The number of aliphatic hydroxyl groups excluding tert-OH is 3. The number of halogens is 6. The zero-order valence-electron chi connectivity index (χ0n) is 25.4. The SMILES string of the molecule is CCOC(=O)N1c2ccc(OC)nc2[C@@H](c2ncc(C(O)C(O)CO)c(Cc3cc(C(F)(F)F)cc(C(F)(F)F)c3)n2)C[C@@]1(N)CC. The number of alkyl halides is 6. The minimum atomic E-state index is -5.12. The Morgan fingerprint density at radius 1 is 1.09 bits per heavy atom. The van der Waals surface area contributed by atoms with E-state index in [-0.39, 0.29) is 59.9 Å². The lowest BCUT2D eigenvalue weighted by atomic mass is 9.83. The van der Waals surface area contributed by atoms with Crippen LogP contribution in [0.5, 0.6) is 5.88 Å². The fraction of sp³-hybridized carbons (Fsp3) is 0.467. The van der Waals surface area contributed by atoms with Crippen molar-refractivity contribution in [1.29, 1.82) is 0 Å². The molecule has 4 atom stereocenters. The molecule has 11 nitrogen and oxygen atoms in total. The van der Waals surface area contributed by atoms with Gasteiger partial charge in [0.2, 0.25) is 5.88 Å². The summed E-state index contributed by atoms with van der Waals surface area (Å²) in [6.07, 6.45) is -14.1. The van der Waals surface area contributed by atoms with E-state index < -0.39 is 72.0 Å². The highest BCUT2D eigenvalue weighted by Gasteiger charge is 2.47. The van der Waals surface area contributed by atoms with Crippen LogP contribution in [0.1, 0.15) is 78.2 Å². The molecule has 256 valence electrons. The maximum absolute atomic E-state index is 13.6. The van der Waals surface area contributed by atoms with E-state index in [9.17, 15) is 46.5 Å². The van der Waals surface area contributed by atoms with Gasteiger partial charge < -0.3 is 30.5 Å². The molecule has 0 fully saturated rings. The summed E-state index contributed by atoms with van der Waals surface area (Å²) in [6.45, 7) is 2.45. The Labute approximate surface area is 265 Å². The van der Waals surface area contributed by atoms with Crippen molar-refractivity contribution in [2.24, 2.45) is 5.73 Å². The number of hydrogen-bond donors (Lipinski definition) is 4. The molecule has 1 amide bonds. The minimum Gasteiger partial charge on any atom is -0.481 e. The molecule has 1 aliphatic rings. The summed E-state index contributed by atoms with van der Waals surface area (Å²) in [5.74, 6) is -0.817. The van der Waals surface area contributed by atoms with E-state index >= 15 is 0 Å². The molecule has 0 spiro atoms. The Morgan fingerprint density at radius 3 is 2.26 bits per heavy atom. The first-order chi connectivity index (χ1) is 22.0. The van der Waals surface area contributed by atoms with Crippen LogP contribution in [0.2, 0.25) is 0 Å². The molecule has 1 aliphatic heterocycles. The van der Waals surface area contributed by atoms with Crippen LogP contribution in [0.4, 0.5) is 36.8 Å². The number of amides is 1. The maximum Gasteiger partial charge on any atom is 0.416 e. The van der Waals surface area contributed by atoms with Gasteiger partial charge in [0.15, 0.2) is 0 Å². The third-order valence-corrected chi connectivity index (χ3v) is 7.84. The Morgan fingerprint density at radius 2 is 1.72 bits per heavy atom. The molecule has 0 aliphatic carbocycles. The number of anilines is 1. The second-order valence-electron chi connectivity index (χ2n) is 10.9. The fourth-order valence-corrected chi connectivity index (χ4v) is 5.39. The number of carbonyl (C=O) groups excluding carboxylic acids is 1. The van der Waals surface area contributed by atoms with Crippen LogP contribution in [0.25, 0.3) is 0 Å². The molecule has 3 aromatic rings. The summed E-state index contributed by atoms with van der Waals surface area (Å²) in [5.41, 5.74) is 1.74. The Hall–Kier alpha value is -4.06. The van der Waals surface area contributed by atoms with Gasteiger partial charge in [0, 0.05) is 24.2 Å². The highest BCUT2D eigenvalue weighted by Crippen LogP contribution is 2.46. The number of nitrogens with zero attached hydrogens (tertiary/aromatic N) is 4. The third-order valence-electron chi connectivity index (χ3n) is 7.84. The first-order valence-electron chi connectivity index (χ1n) is 14.4.